The van der Waals surface area contributed by atoms with E-state index in [1.807, 2.05) is 39.0 Å². The summed E-state index contributed by atoms with van der Waals surface area (Å²) in [7, 11) is 0. The molecule has 2 aromatic carbocycles. The summed E-state index contributed by atoms with van der Waals surface area (Å²) < 4.78 is 44.6. The van der Waals surface area contributed by atoms with Gasteiger partial charge < -0.3 is 9.52 Å². The molecule has 3 aromatic rings. The maximum Gasteiger partial charge on any atom is 0.416 e. The summed E-state index contributed by atoms with van der Waals surface area (Å²) in [5.41, 5.74) is 1.30. The number of oxazole rings is 1. The van der Waals surface area contributed by atoms with E-state index in [2.05, 4.69) is 4.98 Å². The molecule has 0 amide bonds. The van der Waals surface area contributed by atoms with Crippen LogP contribution in [0.4, 0.5) is 13.2 Å². The first-order valence-electron chi connectivity index (χ1n) is 10.2. The fourth-order valence-electron chi connectivity index (χ4n) is 3.25. The van der Waals surface area contributed by atoms with Crippen molar-refractivity contribution in [2.24, 2.45) is 0 Å². The summed E-state index contributed by atoms with van der Waals surface area (Å²) in [6.45, 7) is 6.00. The van der Waals surface area contributed by atoms with Crippen molar-refractivity contribution < 1.29 is 27.5 Å². The monoisotopic (exact) mass is 463 g/mol. The van der Waals surface area contributed by atoms with Crippen LogP contribution in [0, 0.1) is 0 Å². The highest BCUT2D eigenvalue weighted by atomic mass is 32.2. The molecule has 8 heteroatoms. The topological polar surface area (TPSA) is 63.3 Å². The third kappa shape index (κ3) is 5.94. The van der Waals surface area contributed by atoms with Gasteiger partial charge >= 0.3 is 12.1 Å². The molecule has 1 atom stereocenters. The van der Waals surface area contributed by atoms with Crippen LogP contribution < -0.4 is 0 Å². The van der Waals surface area contributed by atoms with E-state index in [9.17, 15) is 18.0 Å². The van der Waals surface area contributed by atoms with E-state index >= 15 is 0 Å². The number of halogens is 3. The molecular weight excluding hydrogens is 439 g/mol. The van der Waals surface area contributed by atoms with Crippen molar-refractivity contribution in [1.82, 2.24) is 4.98 Å². The summed E-state index contributed by atoms with van der Waals surface area (Å²) in [5, 5.41) is 8.98. The number of thioether (sulfide) groups is 1. The van der Waals surface area contributed by atoms with Gasteiger partial charge in [0.05, 0.1) is 17.7 Å². The molecule has 0 radical (unpaired) electrons. The van der Waals surface area contributed by atoms with Crippen molar-refractivity contribution in [2.75, 3.05) is 5.75 Å². The van der Waals surface area contributed by atoms with Crippen LogP contribution >= 0.6 is 11.8 Å². The maximum absolute atomic E-state index is 12.8. The quantitative estimate of drug-likeness (QED) is 0.364. The second-order valence-corrected chi connectivity index (χ2v) is 9.02. The summed E-state index contributed by atoms with van der Waals surface area (Å²) in [4.78, 5) is 16.5. The summed E-state index contributed by atoms with van der Waals surface area (Å²) >= 11 is 1.59. The largest absolute Gasteiger partial charge is 0.481 e. The molecule has 0 aliphatic rings. The summed E-state index contributed by atoms with van der Waals surface area (Å²) in [5.74, 6) is 0.902. The second-order valence-electron chi connectivity index (χ2n) is 7.93. The lowest BCUT2D eigenvalue weighted by atomic mass is 10.0. The number of hydrogen-bond donors (Lipinski definition) is 1. The lowest BCUT2D eigenvalue weighted by Crippen LogP contribution is -2.04. The number of rotatable bonds is 8. The number of aromatic nitrogens is 1. The smallest absolute Gasteiger partial charge is 0.416 e. The molecule has 3 rings (SSSR count). The van der Waals surface area contributed by atoms with Crippen LogP contribution in [0.3, 0.4) is 0 Å². The summed E-state index contributed by atoms with van der Waals surface area (Å²) in [6.07, 6.45) is -4.42. The van der Waals surface area contributed by atoms with Gasteiger partial charge in [-0.25, -0.2) is 4.98 Å². The van der Waals surface area contributed by atoms with E-state index in [4.69, 9.17) is 9.52 Å². The predicted octanol–water partition coefficient (Wildman–Crippen LogP) is 7.01. The molecule has 0 saturated carbocycles. The Morgan fingerprint density at radius 2 is 1.81 bits per heavy atom. The van der Waals surface area contributed by atoms with Gasteiger partial charge in [-0.15, -0.1) is 11.8 Å². The van der Waals surface area contributed by atoms with Gasteiger partial charge in [-0.05, 0) is 47.9 Å². The highest BCUT2D eigenvalue weighted by molar-refractivity contribution is 7.99. The fourth-order valence-corrected chi connectivity index (χ4v) is 4.26. The number of alkyl halides is 3. The van der Waals surface area contributed by atoms with Crippen molar-refractivity contribution >= 4 is 17.7 Å². The molecule has 0 aliphatic carbocycles. The van der Waals surface area contributed by atoms with E-state index < -0.39 is 17.7 Å². The van der Waals surface area contributed by atoms with Gasteiger partial charge in [-0.1, -0.05) is 32.9 Å². The van der Waals surface area contributed by atoms with Crippen LogP contribution in [0.5, 0.6) is 0 Å². The first kappa shape index (κ1) is 23.9. The Kier molecular flexibility index (Phi) is 7.33. The lowest BCUT2D eigenvalue weighted by molar-refractivity contribution is -0.138. The number of hydrogen-bond acceptors (Lipinski definition) is 4. The van der Waals surface area contributed by atoms with Crippen LogP contribution in [-0.4, -0.2) is 21.8 Å². The second kappa shape index (κ2) is 9.81. The minimum absolute atomic E-state index is 0.00349. The fraction of sp³-hybridized carbons (Fsp3) is 0.333. The highest BCUT2D eigenvalue weighted by Crippen LogP contribution is 2.36. The van der Waals surface area contributed by atoms with Crippen molar-refractivity contribution in [2.45, 2.75) is 50.1 Å². The average Bonchev–Trinajstić information content (AvgIpc) is 3.17. The van der Waals surface area contributed by atoms with E-state index in [0.29, 0.717) is 23.0 Å². The molecule has 0 fully saturated rings. The minimum atomic E-state index is -4.39. The van der Waals surface area contributed by atoms with Crippen LogP contribution in [0.1, 0.15) is 55.2 Å². The van der Waals surface area contributed by atoms with Gasteiger partial charge in [0.15, 0.2) is 0 Å². The standard InChI is InChI=1S/C24H24F3NO3S/c1-14(2)21-22(15(3)13-32-19-6-4-5-16(11-19)12-20(29)30)31-23(28-21)17-7-9-18(10-8-17)24(25,26)27/h4-11,14-15H,12-13H2,1-3H3,(H,29,30)/t15-/m1/s1. The van der Waals surface area contributed by atoms with Crippen LogP contribution in [0.15, 0.2) is 57.8 Å². The molecule has 4 nitrogen and oxygen atoms in total. The molecule has 32 heavy (non-hydrogen) atoms. The molecule has 0 unspecified atom stereocenters. The SMILES string of the molecule is CC(C)c1nc(-c2ccc(C(F)(F)F)cc2)oc1[C@H](C)CSc1cccc(CC(=O)O)c1. The Labute approximate surface area is 188 Å². The molecule has 0 aliphatic heterocycles. The maximum atomic E-state index is 12.8. The van der Waals surface area contributed by atoms with Crippen molar-refractivity contribution in [3.63, 3.8) is 0 Å². The number of benzene rings is 2. The van der Waals surface area contributed by atoms with Crippen molar-refractivity contribution in [3.8, 4) is 11.5 Å². The van der Waals surface area contributed by atoms with Gasteiger partial charge in [0.25, 0.3) is 0 Å². The predicted molar refractivity (Wildman–Crippen MR) is 118 cm³/mol. The third-order valence-corrected chi connectivity index (χ3v) is 6.14. The zero-order valence-electron chi connectivity index (χ0n) is 17.9. The molecule has 170 valence electrons. The first-order chi connectivity index (χ1) is 15.0. The molecule has 1 N–H and O–H groups in total. The van der Waals surface area contributed by atoms with Crippen molar-refractivity contribution in [1.29, 1.82) is 0 Å². The molecule has 0 saturated heterocycles. The number of carboxylic acid groups (broad SMARTS) is 1. The number of carboxylic acids is 1. The lowest BCUT2D eigenvalue weighted by Gasteiger charge is -2.12. The Bertz CT molecular complexity index is 1070. The van der Waals surface area contributed by atoms with Crippen LogP contribution in [0.25, 0.3) is 11.5 Å². The third-order valence-electron chi connectivity index (χ3n) is 4.89. The Morgan fingerprint density at radius 3 is 2.41 bits per heavy atom. The molecule has 0 spiro atoms. The van der Waals surface area contributed by atoms with E-state index in [-0.39, 0.29) is 18.3 Å². The zero-order chi connectivity index (χ0) is 23.5. The Balaban J connectivity index is 1.78. The van der Waals surface area contributed by atoms with Gasteiger partial charge in [0.1, 0.15) is 5.76 Å². The average molecular weight is 464 g/mol. The Morgan fingerprint density at radius 1 is 1.12 bits per heavy atom. The van der Waals surface area contributed by atoms with E-state index in [0.717, 1.165) is 28.3 Å². The number of nitrogens with zero attached hydrogens (tertiary/aromatic N) is 1. The first-order valence-corrected chi connectivity index (χ1v) is 11.1. The van der Waals surface area contributed by atoms with Gasteiger partial charge in [-0.3, -0.25) is 4.79 Å². The summed E-state index contributed by atoms with van der Waals surface area (Å²) in [6, 6.07) is 12.2. The van der Waals surface area contributed by atoms with E-state index in [1.165, 1.54) is 12.1 Å². The van der Waals surface area contributed by atoms with Crippen LogP contribution in [0.2, 0.25) is 0 Å². The number of aliphatic carboxylic acids is 1. The van der Waals surface area contributed by atoms with Gasteiger partial charge in [0.2, 0.25) is 5.89 Å². The van der Waals surface area contributed by atoms with Crippen LogP contribution in [-0.2, 0) is 17.4 Å². The molecule has 1 heterocycles. The Hall–Kier alpha value is -2.74. The molecule has 0 bridgehead atoms. The van der Waals surface area contributed by atoms with Gasteiger partial charge in [-0.2, -0.15) is 13.2 Å². The highest BCUT2D eigenvalue weighted by Gasteiger charge is 2.30. The molecular formula is C24H24F3NO3S. The zero-order valence-corrected chi connectivity index (χ0v) is 18.8. The number of carbonyl (C=O) groups is 1. The minimum Gasteiger partial charge on any atom is -0.481 e. The van der Waals surface area contributed by atoms with Crippen molar-refractivity contribution in [3.05, 3.63) is 71.1 Å². The molecule has 1 aromatic heterocycles. The normalized spacial score (nSPS) is 12.8. The van der Waals surface area contributed by atoms with Gasteiger partial charge in [0, 0.05) is 22.1 Å². The van der Waals surface area contributed by atoms with E-state index in [1.54, 1.807) is 17.8 Å².